The lowest BCUT2D eigenvalue weighted by Crippen LogP contribution is -2.03. The highest BCUT2D eigenvalue weighted by Gasteiger charge is 2.23. The van der Waals surface area contributed by atoms with Crippen LogP contribution in [0.5, 0.6) is 0 Å². The van der Waals surface area contributed by atoms with Gasteiger partial charge in [0.15, 0.2) is 0 Å². The molecule has 1 amide bonds. The Hall–Kier alpha value is -2.82. The second-order valence-electron chi connectivity index (χ2n) is 5.30. The number of carboxylic acids is 1. The minimum absolute atomic E-state index is 0.0953. The summed E-state index contributed by atoms with van der Waals surface area (Å²) in [6.07, 6.45) is 4.20. The number of carbonyl (C=O) groups is 2. The molecule has 1 aromatic carbocycles. The van der Waals surface area contributed by atoms with E-state index >= 15 is 0 Å². The molecule has 1 aliphatic heterocycles. The first kappa shape index (κ1) is 14.1. The number of nitrogens with one attached hydrogen (secondary N) is 2. The molecule has 112 valence electrons. The Morgan fingerprint density at radius 3 is 2.86 bits per heavy atom. The molecular formula is C17H16N2O3. The number of carboxylic acid groups (broad SMARTS) is 1. The highest BCUT2D eigenvalue weighted by Crippen LogP contribution is 2.33. The molecular weight excluding hydrogens is 280 g/mol. The van der Waals surface area contributed by atoms with E-state index in [-0.39, 0.29) is 12.3 Å². The van der Waals surface area contributed by atoms with Crippen molar-refractivity contribution in [3.63, 3.8) is 0 Å². The van der Waals surface area contributed by atoms with Gasteiger partial charge in [-0.25, -0.2) is 0 Å². The van der Waals surface area contributed by atoms with Crippen LogP contribution in [0.2, 0.25) is 0 Å². The largest absolute Gasteiger partial charge is 0.481 e. The van der Waals surface area contributed by atoms with Gasteiger partial charge >= 0.3 is 5.97 Å². The van der Waals surface area contributed by atoms with E-state index in [0.29, 0.717) is 12.0 Å². The lowest BCUT2D eigenvalue weighted by atomic mass is 10.0. The molecule has 0 saturated carbocycles. The molecule has 0 spiro atoms. The van der Waals surface area contributed by atoms with Gasteiger partial charge in [0, 0.05) is 29.6 Å². The Labute approximate surface area is 127 Å². The van der Waals surface area contributed by atoms with Crippen LogP contribution in [0.1, 0.15) is 28.8 Å². The predicted octanol–water partition coefficient (Wildman–Crippen LogP) is 2.83. The van der Waals surface area contributed by atoms with Gasteiger partial charge in [0.2, 0.25) is 0 Å². The van der Waals surface area contributed by atoms with E-state index in [4.69, 9.17) is 5.11 Å². The number of H-pyrrole nitrogens is 1. The molecule has 0 bridgehead atoms. The van der Waals surface area contributed by atoms with Crippen molar-refractivity contribution < 1.29 is 14.7 Å². The molecule has 0 aliphatic carbocycles. The molecule has 0 fully saturated rings. The fraction of sp³-hybridized carbons (Fsp3) is 0.176. The van der Waals surface area contributed by atoms with Gasteiger partial charge < -0.3 is 15.4 Å². The zero-order valence-corrected chi connectivity index (χ0v) is 12.1. The van der Waals surface area contributed by atoms with E-state index < -0.39 is 5.97 Å². The summed E-state index contributed by atoms with van der Waals surface area (Å²) < 4.78 is 0. The van der Waals surface area contributed by atoms with E-state index in [0.717, 1.165) is 28.1 Å². The number of aryl methyl sites for hydroxylation is 1. The van der Waals surface area contributed by atoms with Gasteiger partial charge in [-0.2, -0.15) is 0 Å². The number of fused-ring (bicyclic) bond motifs is 1. The van der Waals surface area contributed by atoms with Crippen LogP contribution in [0.25, 0.3) is 11.6 Å². The number of aromatic nitrogens is 1. The zero-order chi connectivity index (χ0) is 15.7. The first-order valence-electron chi connectivity index (χ1n) is 7.07. The minimum atomic E-state index is -0.815. The molecule has 3 N–H and O–H groups in total. The zero-order valence-electron chi connectivity index (χ0n) is 12.1. The molecule has 5 nitrogen and oxygen atoms in total. The van der Waals surface area contributed by atoms with Crippen LogP contribution in [-0.2, 0) is 16.0 Å². The van der Waals surface area contributed by atoms with E-state index in [2.05, 4.69) is 10.3 Å². The second-order valence-corrected chi connectivity index (χ2v) is 5.30. The molecule has 5 heteroatoms. The number of rotatable bonds is 4. The Kier molecular flexibility index (Phi) is 3.55. The molecule has 0 unspecified atom stereocenters. The van der Waals surface area contributed by atoms with Crippen LogP contribution < -0.4 is 5.32 Å². The van der Waals surface area contributed by atoms with Gasteiger partial charge in [-0.3, -0.25) is 9.59 Å². The van der Waals surface area contributed by atoms with Crippen molar-refractivity contribution >= 4 is 29.2 Å². The summed E-state index contributed by atoms with van der Waals surface area (Å²) >= 11 is 0. The number of benzene rings is 1. The van der Waals surface area contributed by atoms with Crippen LogP contribution in [0.4, 0.5) is 5.69 Å². The van der Waals surface area contributed by atoms with E-state index in [1.165, 1.54) is 0 Å². The van der Waals surface area contributed by atoms with Crippen molar-refractivity contribution in [2.45, 2.75) is 19.8 Å². The Morgan fingerprint density at radius 1 is 1.32 bits per heavy atom. The van der Waals surface area contributed by atoms with Gasteiger partial charge in [-0.1, -0.05) is 18.2 Å². The van der Waals surface area contributed by atoms with Crippen molar-refractivity contribution in [1.29, 1.82) is 0 Å². The van der Waals surface area contributed by atoms with Gasteiger partial charge in [0.25, 0.3) is 5.91 Å². The van der Waals surface area contributed by atoms with Crippen molar-refractivity contribution in [3.05, 3.63) is 52.8 Å². The Morgan fingerprint density at radius 2 is 2.09 bits per heavy atom. The molecule has 0 radical (unpaired) electrons. The number of amides is 1. The first-order valence-corrected chi connectivity index (χ1v) is 7.07. The number of aliphatic carboxylic acids is 1. The summed E-state index contributed by atoms with van der Waals surface area (Å²) in [6.45, 7) is 1.93. The summed E-state index contributed by atoms with van der Waals surface area (Å²) in [5, 5.41) is 11.6. The van der Waals surface area contributed by atoms with Crippen molar-refractivity contribution in [2.24, 2.45) is 0 Å². The van der Waals surface area contributed by atoms with Gasteiger partial charge in [-0.05, 0) is 36.6 Å². The Balaban J connectivity index is 1.93. The number of carbonyl (C=O) groups excluding carboxylic acids is 1. The number of hydrogen-bond acceptors (Lipinski definition) is 2. The van der Waals surface area contributed by atoms with Crippen molar-refractivity contribution in [1.82, 2.24) is 4.98 Å². The third-order valence-corrected chi connectivity index (χ3v) is 3.89. The van der Waals surface area contributed by atoms with Crippen molar-refractivity contribution in [3.8, 4) is 0 Å². The lowest BCUT2D eigenvalue weighted by Gasteiger charge is -2.00. The smallest absolute Gasteiger partial charge is 0.303 e. The highest BCUT2D eigenvalue weighted by atomic mass is 16.4. The SMILES string of the molecule is Cc1c(CCC(=O)O)c[nH]c1/C=C1\C(=O)Nc2ccccc21. The van der Waals surface area contributed by atoms with E-state index in [1.54, 1.807) is 0 Å². The van der Waals surface area contributed by atoms with Crippen LogP contribution in [-0.4, -0.2) is 22.0 Å². The topological polar surface area (TPSA) is 82.2 Å². The van der Waals surface area contributed by atoms with Crippen LogP contribution in [0.15, 0.2) is 30.5 Å². The summed E-state index contributed by atoms with van der Waals surface area (Å²) in [7, 11) is 0. The molecule has 3 rings (SSSR count). The molecule has 1 aromatic heterocycles. The van der Waals surface area contributed by atoms with Gasteiger partial charge in [0.1, 0.15) is 0 Å². The van der Waals surface area contributed by atoms with E-state index in [9.17, 15) is 9.59 Å². The average Bonchev–Trinajstić information content (AvgIpc) is 2.99. The third kappa shape index (κ3) is 2.53. The number of para-hydroxylation sites is 1. The van der Waals surface area contributed by atoms with Crippen molar-refractivity contribution in [2.75, 3.05) is 5.32 Å². The summed E-state index contributed by atoms with van der Waals surface area (Å²) in [4.78, 5) is 25.9. The predicted molar refractivity (Wildman–Crippen MR) is 84.4 cm³/mol. The molecule has 22 heavy (non-hydrogen) atoms. The maximum absolute atomic E-state index is 12.1. The summed E-state index contributed by atoms with van der Waals surface area (Å²) in [6, 6.07) is 7.55. The fourth-order valence-corrected chi connectivity index (χ4v) is 2.63. The molecule has 2 aromatic rings. The number of hydrogen-bond donors (Lipinski definition) is 3. The second kappa shape index (κ2) is 5.52. The average molecular weight is 296 g/mol. The highest BCUT2D eigenvalue weighted by molar-refractivity contribution is 6.34. The maximum Gasteiger partial charge on any atom is 0.303 e. The van der Waals surface area contributed by atoms with Gasteiger partial charge in [-0.15, -0.1) is 0 Å². The van der Waals surface area contributed by atoms with E-state index in [1.807, 2.05) is 43.5 Å². The first-order chi connectivity index (χ1) is 10.6. The number of aromatic amines is 1. The fourth-order valence-electron chi connectivity index (χ4n) is 2.63. The lowest BCUT2D eigenvalue weighted by molar-refractivity contribution is -0.137. The molecule has 2 heterocycles. The molecule has 0 saturated heterocycles. The van der Waals surface area contributed by atoms with Crippen LogP contribution >= 0.6 is 0 Å². The van der Waals surface area contributed by atoms with Crippen LogP contribution in [0.3, 0.4) is 0 Å². The standard InChI is InChI=1S/C17H16N2O3/c1-10-11(6-7-16(20)21)9-18-15(10)8-13-12-4-2-3-5-14(12)19-17(13)22/h2-5,8-9,18H,6-7H2,1H3,(H,19,22)(H,20,21)/b13-8-. The summed E-state index contributed by atoms with van der Waals surface area (Å²) in [5.41, 5.74) is 5.09. The normalized spacial score (nSPS) is 15.0. The minimum Gasteiger partial charge on any atom is -0.481 e. The third-order valence-electron chi connectivity index (χ3n) is 3.89. The number of anilines is 1. The monoisotopic (exact) mass is 296 g/mol. The molecule has 1 aliphatic rings. The van der Waals surface area contributed by atoms with Crippen LogP contribution in [0, 0.1) is 6.92 Å². The van der Waals surface area contributed by atoms with Gasteiger partial charge in [0.05, 0.1) is 5.57 Å². The summed E-state index contributed by atoms with van der Waals surface area (Å²) in [5.74, 6) is -0.938. The Bertz CT molecular complexity index is 787. The molecule has 0 atom stereocenters. The maximum atomic E-state index is 12.1. The quantitative estimate of drug-likeness (QED) is 0.759.